The number of hydrogen-bond donors (Lipinski definition) is 0. The maximum Gasteiger partial charge on any atom is 0.0991 e. The van der Waals surface area contributed by atoms with E-state index in [4.69, 9.17) is 5.26 Å². The van der Waals surface area contributed by atoms with Crippen LogP contribution in [0.3, 0.4) is 0 Å². The fourth-order valence-electron chi connectivity index (χ4n) is 2.12. The monoisotopic (exact) mass is 291 g/mol. The summed E-state index contributed by atoms with van der Waals surface area (Å²) in [5.74, 6) is 3.20. The Morgan fingerprint density at radius 2 is 1.68 bits per heavy atom. The molecular weight excluding hydrogens is 270 g/mol. The Labute approximate surface area is 125 Å². The lowest BCUT2D eigenvalue weighted by Crippen LogP contribution is -2.32. The van der Waals surface area contributed by atoms with Gasteiger partial charge < -0.3 is 0 Å². The molecule has 1 aliphatic heterocycles. The summed E-state index contributed by atoms with van der Waals surface area (Å²) in [4.78, 5) is 0. The van der Waals surface area contributed by atoms with E-state index >= 15 is 0 Å². The lowest BCUT2D eigenvalue weighted by Gasteiger charge is -2.41. The van der Waals surface area contributed by atoms with E-state index in [-0.39, 0.29) is 4.08 Å². The van der Waals surface area contributed by atoms with Crippen molar-refractivity contribution >= 4 is 23.5 Å². The molecule has 1 nitrogen and oxygen atoms in total. The van der Waals surface area contributed by atoms with E-state index < -0.39 is 0 Å². The molecule has 0 bridgehead atoms. The highest BCUT2D eigenvalue weighted by atomic mass is 32.2. The first-order chi connectivity index (χ1) is 8.85. The van der Waals surface area contributed by atoms with Crippen LogP contribution in [-0.2, 0) is 4.08 Å². The third kappa shape index (κ3) is 3.30. The van der Waals surface area contributed by atoms with Gasteiger partial charge >= 0.3 is 0 Å². The normalized spacial score (nSPS) is 27.8. The van der Waals surface area contributed by atoms with Gasteiger partial charge in [0, 0.05) is 0 Å². The zero-order valence-electron chi connectivity index (χ0n) is 12.1. The Bertz CT molecular complexity index is 471. The van der Waals surface area contributed by atoms with Gasteiger partial charge in [-0.1, -0.05) is 32.9 Å². The molecule has 1 aromatic rings. The number of nitriles is 1. The fourth-order valence-corrected chi connectivity index (χ4v) is 5.89. The predicted molar refractivity (Wildman–Crippen MR) is 86.4 cm³/mol. The summed E-state index contributed by atoms with van der Waals surface area (Å²) in [5.41, 5.74) is 2.46. The van der Waals surface area contributed by atoms with Crippen molar-refractivity contribution in [1.29, 1.82) is 5.26 Å². The summed E-state index contributed by atoms with van der Waals surface area (Å²) >= 11 is 4.09. The van der Waals surface area contributed by atoms with Crippen LogP contribution in [0.1, 0.15) is 38.8 Å². The van der Waals surface area contributed by atoms with E-state index in [2.05, 4.69) is 45.9 Å². The van der Waals surface area contributed by atoms with Crippen LogP contribution < -0.4 is 0 Å². The highest BCUT2D eigenvalue weighted by molar-refractivity contribution is 8.18. The smallest absolute Gasteiger partial charge is 0.0991 e. The standard InChI is InChI=1S/C16H21NS2/c1-15(2,3)14-10-18-16(4,19-11-14)13-7-5-12(9-17)6-8-13/h5-8,14H,10-11H2,1-4H3. The summed E-state index contributed by atoms with van der Waals surface area (Å²) in [6, 6.07) is 10.3. The molecule has 2 rings (SSSR count). The molecule has 19 heavy (non-hydrogen) atoms. The molecule has 1 saturated heterocycles. The van der Waals surface area contributed by atoms with Gasteiger partial charge in [-0.15, -0.1) is 23.5 Å². The number of nitrogens with zero attached hydrogens (tertiary/aromatic N) is 1. The van der Waals surface area contributed by atoms with Crippen LogP contribution in [0.15, 0.2) is 24.3 Å². The van der Waals surface area contributed by atoms with E-state index in [1.165, 1.54) is 17.1 Å². The van der Waals surface area contributed by atoms with Gasteiger partial charge in [-0.25, -0.2) is 0 Å². The first-order valence-corrected chi connectivity index (χ1v) is 8.61. The van der Waals surface area contributed by atoms with Crippen LogP contribution in [-0.4, -0.2) is 11.5 Å². The molecule has 1 fully saturated rings. The second kappa shape index (κ2) is 5.42. The van der Waals surface area contributed by atoms with E-state index in [1.54, 1.807) is 0 Å². The molecule has 0 spiro atoms. The van der Waals surface area contributed by atoms with Crippen molar-refractivity contribution < 1.29 is 0 Å². The minimum atomic E-state index is 0.135. The van der Waals surface area contributed by atoms with E-state index in [9.17, 15) is 0 Å². The Hall–Kier alpha value is -0.590. The van der Waals surface area contributed by atoms with Crippen molar-refractivity contribution in [2.24, 2.45) is 11.3 Å². The summed E-state index contributed by atoms with van der Waals surface area (Å²) < 4.78 is 0.135. The first-order valence-electron chi connectivity index (χ1n) is 6.64. The second-order valence-corrected chi connectivity index (χ2v) is 9.46. The maximum atomic E-state index is 8.87. The maximum absolute atomic E-state index is 8.87. The minimum absolute atomic E-state index is 0.135. The van der Waals surface area contributed by atoms with Crippen LogP contribution in [0.2, 0.25) is 0 Å². The molecule has 0 radical (unpaired) electrons. The van der Waals surface area contributed by atoms with Gasteiger partial charge in [-0.3, -0.25) is 0 Å². The lowest BCUT2D eigenvalue weighted by molar-refractivity contribution is 0.292. The highest BCUT2D eigenvalue weighted by Gasteiger charge is 2.37. The van der Waals surface area contributed by atoms with Crippen molar-refractivity contribution in [3.8, 4) is 6.07 Å². The summed E-state index contributed by atoms with van der Waals surface area (Å²) in [7, 11) is 0. The number of benzene rings is 1. The Morgan fingerprint density at radius 1 is 1.16 bits per heavy atom. The van der Waals surface area contributed by atoms with Gasteiger partial charge in [-0.05, 0) is 47.5 Å². The SMILES string of the molecule is CC1(c2ccc(C#N)cc2)SCC(C(C)(C)C)CS1. The second-order valence-electron chi connectivity index (χ2n) is 6.32. The third-order valence-corrected chi connectivity index (χ3v) is 7.30. The Balaban J connectivity index is 2.11. The Morgan fingerprint density at radius 3 is 2.11 bits per heavy atom. The van der Waals surface area contributed by atoms with Gasteiger partial charge in [0.2, 0.25) is 0 Å². The van der Waals surface area contributed by atoms with Gasteiger partial charge in [0.25, 0.3) is 0 Å². The quantitative estimate of drug-likeness (QED) is 0.737. The number of thioether (sulfide) groups is 2. The summed E-state index contributed by atoms with van der Waals surface area (Å²) in [6.45, 7) is 9.32. The van der Waals surface area contributed by atoms with Crippen LogP contribution in [0.4, 0.5) is 0 Å². The van der Waals surface area contributed by atoms with Gasteiger partial charge in [0.15, 0.2) is 0 Å². The molecule has 1 heterocycles. The average Bonchev–Trinajstić information content (AvgIpc) is 2.38. The molecule has 0 unspecified atom stereocenters. The zero-order valence-corrected chi connectivity index (χ0v) is 13.7. The van der Waals surface area contributed by atoms with Crippen molar-refractivity contribution in [3.63, 3.8) is 0 Å². The third-order valence-electron chi connectivity index (χ3n) is 3.88. The molecule has 0 amide bonds. The molecule has 0 atom stereocenters. The van der Waals surface area contributed by atoms with Crippen molar-refractivity contribution in [1.82, 2.24) is 0 Å². The van der Waals surface area contributed by atoms with Crippen molar-refractivity contribution in [3.05, 3.63) is 35.4 Å². The van der Waals surface area contributed by atoms with E-state index in [1.807, 2.05) is 35.7 Å². The van der Waals surface area contributed by atoms with Crippen LogP contribution in [0.5, 0.6) is 0 Å². The average molecular weight is 291 g/mol. The van der Waals surface area contributed by atoms with Gasteiger partial charge in [0.1, 0.15) is 0 Å². The van der Waals surface area contributed by atoms with Crippen LogP contribution in [0.25, 0.3) is 0 Å². The van der Waals surface area contributed by atoms with Crippen molar-refractivity contribution in [2.45, 2.75) is 31.8 Å². The van der Waals surface area contributed by atoms with Gasteiger partial charge in [-0.2, -0.15) is 5.26 Å². The van der Waals surface area contributed by atoms with E-state index in [0.29, 0.717) is 5.41 Å². The molecule has 0 saturated carbocycles. The summed E-state index contributed by atoms with van der Waals surface area (Å²) in [6.07, 6.45) is 0. The zero-order chi connectivity index (χ0) is 14.1. The van der Waals surface area contributed by atoms with Gasteiger partial charge in [0.05, 0.1) is 15.7 Å². The highest BCUT2D eigenvalue weighted by Crippen LogP contribution is 2.53. The predicted octanol–water partition coefficient (Wildman–Crippen LogP) is 4.87. The molecule has 0 aromatic heterocycles. The Kier molecular flexibility index (Phi) is 4.23. The summed E-state index contributed by atoms with van der Waals surface area (Å²) in [5, 5.41) is 8.87. The molecule has 1 aliphatic rings. The largest absolute Gasteiger partial charge is 0.192 e. The fraction of sp³-hybridized carbons (Fsp3) is 0.562. The molecule has 102 valence electrons. The number of rotatable bonds is 1. The first kappa shape index (κ1) is 14.8. The molecular formula is C16H21NS2. The van der Waals surface area contributed by atoms with Crippen LogP contribution >= 0.6 is 23.5 Å². The topological polar surface area (TPSA) is 23.8 Å². The number of hydrogen-bond acceptors (Lipinski definition) is 3. The molecule has 1 aromatic carbocycles. The van der Waals surface area contributed by atoms with Crippen LogP contribution in [0, 0.1) is 22.7 Å². The van der Waals surface area contributed by atoms with Crippen molar-refractivity contribution in [2.75, 3.05) is 11.5 Å². The minimum Gasteiger partial charge on any atom is -0.192 e. The lowest BCUT2D eigenvalue weighted by atomic mass is 9.83. The molecule has 3 heteroatoms. The molecule has 0 N–H and O–H groups in total. The van der Waals surface area contributed by atoms with E-state index in [0.717, 1.165) is 11.5 Å². The molecule has 0 aliphatic carbocycles.